The van der Waals surface area contributed by atoms with Gasteiger partial charge in [-0.1, -0.05) is 17.8 Å². The predicted molar refractivity (Wildman–Crippen MR) is 92.0 cm³/mol. The summed E-state index contributed by atoms with van der Waals surface area (Å²) in [6, 6.07) is 6.07. The van der Waals surface area contributed by atoms with E-state index in [-0.39, 0.29) is 5.91 Å². The summed E-state index contributed by atoms with van der Waals surface area (Å²) in [6.07, 6.45) is 0.865. The lowest BCUT2D eigenvalue weighted by Gasteiger charge is -2.05. The predicted octanol–water partition coefficient (Wildman–Crippen LogP) is 2.25. The zero-order valence-corrected chi connectivity index (χ0v) is 14.6. The number of carbonyl (C=O) groups excluding carboxylic acids is 1. The lowest BCUT2D eigenvalue weighted by Crippen LogP contribution is -2.27. The molecule has 3 rings (SSSR count). The summed E-state index contributed by atoms with van der Waals surface area (Å²) in [4.78, 5) is 17.6. The van der Waals surface area contributed by atoms with Crippen molar-refractivity contribution in [2.75, 3.05) is 12.3 Å². The van der Waals surface area contributed by atoms with E-state index in [2.05, 4.69) is 26.6 Å². The maximum absolute atomic E-state index is 11.9. The van der Waals surface area contributed by atoms with Crippen LogP contribution in [0.1, 0.15) is 16.3 Å². The number of carbonyl (C=O) groups is 1. The second-order valence-electron chi connectivity index (χ2n) is 5.12. The molecule has 0 spiro atoms. The third-order valence-corrected chi connectivity index (χ3v) is 5.13. The second kappa shape index (κ2) is 7.10. The number of amides is 1. The third-order valence-electron chi connectivity index (χ3n) is 3.27. The van der Waals surface area contributed by atoms with Crippen LogP contribution in [-0.4, -0.2) is 37.8 Å². The standard InChI is InChI=1S/C15H17N5OS2/c1-10-8-11(2)20-14(17-10)18-19-15(20)23-9-13(21)16-6-5-12-4-3-7-22-12/h3-4,7-8H,5-6,9H2,1-2H3,(H,16,21). The average molecular weight is 347 g/mol. The number of fused-ring (bicyclic) bond motifs is 1. The second-order valence-corrected chi connectivity index (χ2v) is 7.10. The van der Waals surface area contributed by atoms with Crippen molar-refractivity contribution in [2.24, 2.45) is 0 Å². The molecule has 0 radical (unpaired) electrons. The van der Waals surface area contributed by atoms with Crippen LogP contribution in [0.4, 0.5) is 0 Å². The molecule has 3 aromatic rings. The minimum atomic E-state index is 0.000954. The maximum Gasteiger partial charge on any atom is 0.256 e. The van der Waals surface area contributed by atoms with Gasteiger partial charge in [0.05, 0.1) is 5.75 Å². The number of aryl methyl sites for hydroxylation is 2. The molecule has 0 aliphatic heterocycles. The molecule has 0 aromatic carbocycles. The Kier molecular flexibility index (Phi) is 4.92. The Bertz CT molecular complexity index is 813. The van der Waals surface area contributed by atoms with Gasteiger partial charge in [0.15, 0.2) is 5.16 Å². The van der Waals surface area contributed by atoms with E-state index in [1.807, 2.05) is 35.8 Å². The van der Waals surface area contributed by atoms with Gasteiger partial charge in [-0.2, -0.15) is 0 Å². The van der Waals surface area contributed by atoms with Crippen molar-refractivity contribution in [3.63, 3.8) is 0 Å². The van der Waals surface area contributed by atoms with Crippen LogP contribution in [-0.2, 0) is 11.2 Å². The number of thioether (sulfide) groups is 1. The van der Waals surface area contributed by atoms with E-state index in [0.717, 1.165) is 17.8 Å². The molecule has 3 aromatic heterocycles. The summed E-state index contributed by atoms with van der Waals surface area (Å²) in [5, 5.41) is 13.9. The van der Waals surface area contributed by atoms with Crippen molar-refractivity contribution in [3.8, 4) is 0 Å². The minimum Gasteiger partial charge on any atom is -0.355 e. The number of nitrogens with one attached hydrogen (secondary N) is 1. The fraction of sp³-hybridized carbons (Fsp3) is 0.333. The van der Waals surface area contributed by atoms with Crippen LogP contribution in [0.25, 0.3) is 5.78 Å². The van der Waals surface area contributed by atoms with E-state index < -0.39 is 0 Å². The zero-order valence-electron chi connectivity index (χ0n) is 12.9. The van der Waals surface area contributed by atoms with Crippen molar-refractivity contribution in [3.05, 3.63) is 39.8 Å². The van der Waals surface area contributed by atoms with Gasteiger partial charge in [-0.15, -0.1) is 21.5 Å². The quantitative estimate of drug-likeness (QED) is 0.693. The van der Waals surface area contributed by atoms with Crippen LogP contribution < -0.4 is 5.32 Å². The molecule has 23 heavy (non-hydrogen) atoms. The van der Waals surface area contributed by atoms with E-state index >= 15 is 0 Å². The summed E-state index contributed by atoms with van der Waals surface area (Å²) in [5.41, 5.74) is 1.92. The first-order chi connectivity index (χ1) is 11.1. The number of hydrogen-bond acceptors (Lipinski definition) is 6. The van der Waals surface area contributed by atoms with Crippen LogP contribution >= 0.6 is 23.1 Å². The monoisotopic (exact) mass is 347 g/mol. The molecule has 1 N–H and O–H groups in total. The molecule has 0 fully saturated rings. The topological polar surface area (TPSA) is 72.2 Å². The summed E-state index contributed by atoms with van der Waals surface area (Å²) >= 11 is 3.08. The lowest BCUT2D eigenvalue weighted by molar-refractivity contribution is -0.118. The smallest absolute Gasteiger partial charge is 0.256 e. The van der Waals surface area contributed by atoms with Crippen LogP contribution in [0.2, 0.25) is 0 Å². The Hall–Kier alpha value is -1.93. The molecule has 0 saturated heterocycles. The molecule has 120 valence electrons. The van der Waals surface area contributed by atoms with Gasteiger partial charge in [-0.3, -0.25) is 9.20 Å². The van der Waals surface area contributed by atoms with Gasteiger partial charge >= 0.3 is 0 Å². The number of aromatic nitrogens is 4. The first-order valence-corrected chi connectivity index (χ1v) is 9.11. The largest absolute Gasteiger partial charge is 0.355 e. The van der Waals surface area contributed by atoms with E-state index in [9.17, 15) is 4.79 Å². The Morgan fingerprint density at radius 1 is 1.39 bits per heavy atom. The summed E-state index contributed by atoms with van der Waals surface area (Å²) in [5.74, 6) is 0.891. The van der Waals surface area contributed by atoms with E-state index in [4.69, 9.17) is 0 Å². The molecule has 0 atom stereocenters. The number of rotatable bonds is 6. The Balaban J connectivity index is 1.55. The molecule has 3 heterocycles. The first-order valence-electron chi connectivity index (χ1n) is 7.25. The van der Waals surface area contributed by atoms with E-state index in [1.54, 1.807) is 11.3 Å². The van der Waals surface area contributed by atoms with Crippen molar-refractivity contribution in [1.82, 2.24) is 24.9 Å². The highest BCUT2D eigenvalue weighted by Crippen LogP contribution is 2.18. The van der Waals surface area contributed by atoms with Gasteiger partial charge in [0.2, 0.25) is 5.91 Å². The summed E-state index contributed by atoms with van der Waals surface area (Å²) in [7, 11) is 0. The van der Waals surface area contributed by atoms with Gasteiger partial charge in [0.25, 0.3) is 5.78 Å². The van der Waals surface area contributed by atoms with Gasteiger partial charge in [0.1, 0.15) is 0 Å². The Morgan fingerprint density at radius 2 is 2.26 bits per heavy atom. The normalized spacial score (nSPS) is 11.0. The van der Waals surface area contributed by atoms with Crippen molar-refractivity contribution >= 4 is 34.8 Å². The molecule has 8 heteroatoms. The van der Waals surface area contributed by atoms with E-state index in [1.165, 1.54) is 16.6 Å². The van der Waals surface area contributed by atoms with Gasteiger partial charge < -0.3 is 5.32 Å². The summed E-state index contributed by atoms with van der Waals surface area (Å²) < 4.78 is 1.87. The fourth-order valence-electron chi connectivity index (χ4n) is 2.25. The van der Waals surface area contributed by atoms with E-state index in [0.29, 0.717) is 23.2 Å². The SMILES string of the molecule is Cc1cc(C)n2c(SCC(=O)NCCc3cccs3)nnc2n1. The average Bonchev–Trinajstić information content (AvgIpc) is 3.14. The van der Waals surface area contributed by atoms with Crippen LogP contribution in [0.15, 0.2) is 28.7 Å². The molecule has 0 aliphatic carbocycles. The third kappa shape index (κ3) is 3.89. The minimum absolute atomic E-state index is 0.000954. The molecule has 0 aliphatic rings. The molecular formula is C15H17N5OS2. The van der Waals surface area contributed by atoms with Crippen LogP contribution in [0.3, 0.4) is 0 Å². The Morgan fingerprint density at radius 3 is 3.04 bits per heavy atom. The maximum atomic E-state index is 11.9. The molecule has 1 amide bonds. The molecule has 6 nitrogen and oxygen atoms in total. The zero-order chi connectivity index (χ0) is 16.2. The van der Waals surface area contributed by atoms with Gasteiger partial charge in [0, 0.05) is 22.8 Å². The van der Waals surface area contributed by atoms with Crippen LogP contribution in [0, 0.1) is 13.8 Å². The summed E-state index contributed by atoms with van der Waals surface area (Å²) in [6.45, 7) is 4.56. The molecular weight excluding hydrogens is 330 g/mol. The highest BCUT2D eigenvalue weighted by Gasteiger charge is 2.12. The van der Waals surface area contributed by atoms with Crippen molar-refractivity contribution in [2.45, 2.75) is 25.4 Å². The number of nitrogens with zero attached hydrogens (tertiary/aromatic N) is 4. The van der Waals surface area contributed by atoms with Gasteiger partial charge in [-0.05, 0) is 37.8 Å². The highest BCUT2D eigenvalue weighted by molar-refractivity contribution is 7.99. The van der Waals surface area contributed by atoms with Crippen LogP contribution in [0.5, 0.6) is 0 Å². The first kappa shape index (κ1) is 15.9. The Labute approximate surface area is 142 Å². The highest BCUT2D eigenvalue weighted by atomic mass is 32.2. The molecule has 0 bridgehead atoms. The number of hydrogen-bond donors (Lipinski definition) is 1. The van der Waals surface area contributed by atoms with Crippen molar-refractivity contribution < 1.29 is 4.79 Å². The van der Waals surface area contributed by atoms with Gasteiger partial charge in [-0.25, -0.2) is 4.98 Å². The lowest BCUT2D eigenvalue weighted by atomic mass is 10.3. The fourth-order valence-corrected chi connectivity index (χ4v) is 3.78. The van der Waals surface area contributed by atoms with Crippen molar-refractivity contribution in [1.29, 1.82) is 0 Å². The molecule has 0 unspecified atom stereocenters. The molecule has 0 saturated carbocycles. The number of thiophene rings is 1.